The second-order valence-corrected chi connectivity index (χ2v) is 7.04. The minimum Gasteiger partial charge on any atom is -0.449 e. The maximum atomic E-state index is 10.7. The lowest BCUT2D eigenvalue weighted by atomic mass is 10.1. The van der Waals surface area contributed by atoms with Gasteiger partial charge in [0.1, 0.15) is 17.2 Å². The first-order chi connectivity index (χ1) is 11.6. The Labute approximate surface area is 145 Å². The minimum atomic E-state index is -1.42. The molecule has 3 heterocycles. The SMILES string of the molecule is Cc1cc(C)n2c(NC(C)(C)C)c(-c3ccc(OC(=O)O)o3)nc2c1. The Bertz CT molecular complexity index is 947. The molecule has 25 heavy (non-hydrogen) atoms. The third kappa shape index (κ3) is 3.45. The van der Waals surface area contributed by atoms with E-state index in [0.29, 0.717) is 11.5 Å². The number of furan rings is 1. The first-order valence-corrected chi connectivity index (χ1v) is 7.93. The molecule has 0 aliphatic carbocycles. The highest BCUT2D eigenvalue weighted by atomic mass is 16.7. The standard InChI is InChI=1S/C18H21N3O4/c1-10-8-11(2)21-13(9-10)19-15(16(21)20-18(3,4)5)12-6-7-14(24-12)25-17(22)23/h6-9,20H,1-5H3,(H,22,23). The van der Waals surface area contributed by atoms with E-state index in [4.69, 9.17) is 9.52 Å². The van der Waals surface area contributed by atoms with Gasteiger partial charge in [-0.3, -0.25) is 4.40 Å². The van der Waals surface area contributed by atoms with Crippen molar-refractivity contribution >= 4 is 17.6 Å². The van der Waals surface area contributed by atoms with Crippen molar-refractivity contribution in [3.63, 3.8) is 0 Å². The van der Waals surface area contributed by atoms with E-state index < -0.39 is 6.16 Å². The number of imidazole rings is 1. The quantitative estimate of drug-likeness (QED) is 0.682. The topological polar surface area (TPSA) is 89.0 Å². The van der Waals surface area contributed by atoms with Crippen molar-refractivity contribution in [2.75, 3.05) is 5.32 Å². The number of carbonyl (C=O) groups is 1. The zero-order chi connectivity index (χ0) is 18.4. The fraction of sp³-hybridized carbons (Fsp3) is 0.333. The summed E-state index contributed by atoms with van der Waals surface area (Å²) in [7, 11) is 0. The number of aromatic nitrogens is 2. The van der Waals surface area contributed by atoms with E-state index in [2.05, 4.69) is 41.9 Å². The highest BCUT2D eigenvalue weighted by molar-refractivity contribution is 5.75. The number of carboxylic acid groups (broad SMARTS) is 1. The van der Waals surface area contributed by atoms with Gasteiger partial charge in [-0.05, 0) is 58.4 Å². The van der Waals surface area contributed by atoms with Crippen LogP contribution in [0.3, 0.4) is 0 Å². The summed E-state index contributed by atoms with van der Waals surface area (Å²) in [6.07, 6.45) is -1.42. The molecule has 0 aliphatic rings. The average molecular weight is 343 g/mol. The van der Waals surface area contributed by atoms with Gasteiger partial charge in [0.05, 0.1) is 0 Å². The van der Waals surface area contributed by atoms with Crippen LogP contribution in [0.1, 0.15) is 32.0 Å². The van der Waals surface area contributed by atoms with Crippen LogP contribution in [0.25, 0.3) is 17.1 Å². The van der Waals surface area contributed by atoms with Crippen LogP contribution in [0.5, 0.6) is 5.95 Å². The van der Waals surface area contributed by atoms with E-state index in [1.54, 1.807) is 6.07 Å². The minimum absolute atomic E-state index is 0.0887. The number of rotatable bonds is 3. The highest BCUT2D eigenvalue weighted by Gasteiger charge is 2.23. The monoisotopic (exact) mass is 343 g/mol. The fourth-order valence-electron chi connectivity index (χ4n) is 2.76. The molecule has 0 saturated carbocycles. The van der Waals surface area contributed by atoms with Gasteiger partial charge < -0.3 is 19.6 Å². The zero-order valence-corrected chi connectivity index (χ0v) is 14.9. The molecule has 0 radical (unpaired) electrons. The van der Waals surface area contributed by atoms with Crippen LogP contribution >= 0.6 is 0 Å². The normalized spacial score (nSPS) is 11.7. The van der Waals surface area contributed by atoms with Crippen molar-refractivity contribution in [2.45, 2.75) is 40.2 Å². The van der Waals surface area contributed by atoms with Crippen LogP contribution in [-0.4, -0.2) is 26.2 Å². The first kappa shape index (κ1) is 16.9. The van der Waals surface area contributed by atoms with Gasteiger partial charge in [0.25, 0.3) is 5.95 Å². The largest absolute Gasteiger partial charge is 0.513 e. The van der Waals surface area contributed by atoms with Gasteiger partial charge in [-0.1, -0.05) is 0 Å². The predicted octanol–water partition coefficient (Wildman–Crippen LogP) is 4.48. The van der Waals surface area contributed by atoms with Crippen molar-refractivity contribution < 1.29 is 19.1 Å². The summed E-state index contributed by atoms with van der Waals surface area (Å²) in [6.45, 7) is 10.2. The van der Waals surface area contributed by atoms with Crippen molar-refractivity contribution in [3.05, 3.63) is 35.5 Å². The molecule has 0 saturated heterocycles. The molecule has 132 valence electrons. The Morgan fingerprint density at radius 3 is 2.64 bits per heavy atom. The molecule has 3 aromatic rings. The molecule has 0 bridgehead atoms. The van der Waals surface area contributed by atoms with Gasteiger partial charge in [-0.2, -0.15) is 0 Å². The van der Waals surface area contributed by atoms with E-state index in [0.717, 1.165) is 22.7 Å². The molecular formula is C18H21N3O4. The third-order valence-corrected chi connectivity index (χ3v) is 3.55. The van der Waals surface area contributed by atoms with Gasteiger partial charge in [-0.15, -0.1) is 0 Å². The molecule has 0 aromatic carbocycles. The molecule has 3 rings (SSSR count). The summed E-state index contributed by atoms with van der Waals surface area (Å²) >= 11 is 0. The number of ether oxygens (including phenoxy) is 1. The molecule has 3 aromatic heterocycles. The lowest BCUT2D eigenvalue weighted by molar-refractivity contribution is 0.133. The second-order valence-electron chi connectivity index (χ2n) is 7.04. The van der Waals surface area contributed by atoms with Crippen LogP contribution in [-0.2, 0) is 0 Å². The molecule has 7 heteroatoms. The molecule has 7 nitrogen and oxygen atoms in total. The Kier molecular flexibility index (Phi) is 3.94. The Hall–Kier alpha value is -2.96. The summed E-state index contributed by atoms with van der Waals surface area (Å²) in [5, 5.41) is 12.2. The van der Waals surface area contributed by atoms with E-state index in [-0.39, 0.29) is 11.5 Å². The van der Waals surface area contributed by atoms with E-state index in [1.165, 1.54) is 6.07 Å². The molecule has 0 fully saturated rings. The van der Waals surface area contributed by atoms with Crippen LogP contribution in [0.4, 0.5) is 10.6 Å². The number of pyridine rings is 1. The van der Waals surface area contributed by atoms with Crippen molar-refractivity contribution in [1.82, 2.24) is 9.38 Å². The average Bonchev–Trinajstić information content (AvgIpc) is 3.01. The number of hydrogen-bond donors (Lipinski definition) is 2. The summed E-state index contributed by atoms with van der Waals surface area (Å²) in [4.78, 5) is 15.4. The van der Waals surface area contributed by atoms with Gasteiger partial charge in [0.2, 0.25) is 0 Å². The fourth-order valence-corrected chi connectivity index (χ4v) is 2.76. The van der Waals surface area contributed by atoms with Crippen molar-refractivity contribution in [1.29, 1.82) is 0 Å². The maximum absolute atomic E-state index is 10.7. The molecule has 0 spiro atoms. The predicted molar refractivity (Wildman–Crippen MR) is 94.4 cm³/mol. The smallest absolute Gasteiger partial charge is 0.449 e. The molecule has 2 N–H and O–H groups in total. The number of fused-ring (bicyclic) bond motifs is 1. The molecule has 0 atom stereocenters. The Morgan fingerprint density at radius 2 is 2.00 bits per heavy atom. The first-order valence-electron chi connectivity index (χ1n) is 7.93. The van der Waals surface area contributed by atoms with E-state index in [9.17, 15) is 4.79 Å². The Balaban J connectivity index is 2.19. The number of nitrogens with zero attached hydrogens (tertiary/aromatic N) is 2. The van der Waals surface area contributed by atoms with Crippen LogP contribution in [0.2, 0.25) is 0 Å². The molecule has 0 aliphatic heterocycles. The van der Waals surface area contributed by atoms with E-state index in [1.807, 2.05) is 24.3 Å². The lowest BCUT2D eigenvalue weighted by Crippen LogP contribution is -2.27. The summed E-state index contributed by atoms with van der Waals surface area (Å²) in [5.74, 6) is 1.13. The van der Waals surface area contributed by atoms with E-state index >= 15 is 0 Å². The Morgan fingerprint density at radius 1 is 1.28 bits per heavy atom. The molecular weight excluding hydrogens is 322 g/mol. The van der Waals surface area contributed by atoms with Gasteiger partial charge in [0.15, 0.2) is 5.76 Å². The number of hydrogen-bond acceptors (Lipinski definition) is 5. The number of anilines is 1. The van der Waals surface area contributed by atoms with Gasteiger partial charge in [-0.25, -0.2) is 9.78 Å². The summed E-state index contributed by atoms with van der Waals surface area (Å²) < 4.78 is 12.1. The summed E-state index contributed by atoms with van der Waals surface area (Å²) in [5.41, 5.74) is 3.34. The maximum Gasteiger partial charge on any atom is 0.513 e. The van der Waals surface area contributed by atoms with Gasteiger partial charge >= 0.3 is 6.16 Å². The van der Waals surface area contributed by atoms with Crippen molar-refractivity contribution in [2.24, 2.45) is 0 Å². The number of nitrogens with one attached hydrogen (secondary N) is 1. The van der Waals surface area contributed by atoms with Crippen molar-refractivity contribution in [3.8, 4) is 17.4 Å². The van der Waals surface area contributed by atoms with Crippen LogP contribution < -0.4 is 10.1 Å². The second kappa shape index (κ2) is 5.84. The third-order valence-electron chi connectivity index (χ3n) is 3.55. The van der Waals surface area contributed by atoms with Crippen LogP contribution in [0, 0.1) is 13.8 Å². The van der Waals surface area contributed by atoms with Gasteiger partial charge in [0, 0.05) is 17.3 Å². The number of aryl methyl sites for hydroxylation is 2. The summed E-state index contributed by atoms with van der Waals surface area (Å²) in [6, 6.07) is 7.18. The lowest BCUT2D eigenvalue weighted by Gasteiger charge is -2.23. The molecule has 0 amide bonds. The zero-order valence-electron chi connectivity index (χ0n) is 14.9. The van der Waals surface area contributed by atoms with Crippen LogP contribution in [0.15, 0.2) is 28.7 Å². The molecule has 0 unspecified atom stereocenters. The highest BCUT2D eigenvalue weighted by Crippen LogP contribution is 2.34.